The molecular weight excluding hydrogens is 469 g/mol. The summed E-state index contributed by atoms with van der Waals surface area (Å²) in [5.74, 6) is -1.30. The SMILES string of the molecule is Cc1ccc(NC(=O)c2cc3ccccc3o/c2=N/NS(=O)(=O)c2ccc(F)c(Cl)c2)cc1. The van der Waals surface area contributed by atoms with Crippen LogP contribution in [0.4, 0.5) is 10.1 Å². The lowest BCUT2D eigenvalue weighted by Gasteiger charge is -2.08. The summed E-state index contributed by atoms with van der Waals surface area (Å²) in [6.07, 6.45) is 0. The Morgan fingerprint density at radius 3 is 2.48 bits per heavy atom. The van der Waals surface area contributed by atoms with Crippen molar-refractivity contribution in [3.63, 3.8) is 0 Å². The Kier molecular flexibility index (Phi) is 6.17. The third kappa shape index (κ3) is 5.05. The van der Waals surface area contributed by atoms with E-state index in [0.29, 0.717) is 16.7 Å². The van der Waals surface area contributed by atoms with Crippen LogP contribution in [0, 0.1) is 12.7 Å². The standard InChI is InChI=1S/C23H17ClFN3O4S/c1-14-6-8-16(9-7-14)26-22(29)18-12-15-4-2-3-5-21(15)32-23(18)27-28-33(30,31)17-10-11-20(25)19(24)13-17/h2-13,28H,1H3,(H,26,29)/b27-23+. The van der Waals surface area contributed by atoms with E-state index in [9.17, 15) is 17.6 Å². The van der Waals surface area contributed by atoms with Crippen molar-refractivity contribution in [3.8, 4) is 0 Å². The molecular formula is C23H17ClFN3O4S. The van der Waals surface area contributed by atoms with Gasteiger partial charge in [0.15, 0.2) is 0 Å². The van der Waals surface area contributed by atoms with Gasteiger partial charge >= 0.3 is 0 Å². The molecule has 0 aliphatic heterocycles. The summed E-state index contributed by atoms with van der Waals surface area (Å²) < 4.78 is 44.3. The molecule has 3 aromatic carbocycles. The lowest BCUT2D eigenvalue weighted by Crippen LogP contribution is -2.27. The van der Waals surface area contributed by atoms with Gasteiger partial charge in [0.2, 0.25) is 5.55 Å². The Morgan fingerprint density at radius 2 is 1.76 bits per heavy atom. The van der Waals surface area contributed by atoms with Crippen LogP contribution in [0.1, 0.15) is 15.9 Å². The zero-order valence-electron chi connectivity index (χ0n) is 17.2. The topological polar surface area (TPSA) is 101 Å². The number of para-hydroxylation sites is 1. The molecule has 0 spiro atoms. The molecule has 7 nitrogen and oxygen atoms in total. The molecule has 168 valence electrons. The highest BCUT2D eigenvalue weighted by Gasteiger charge is 2.17. The van der Waals surface area contributed by atoms with Gasteiger partial charge in [0.25, 0.3) is 15.9 Å². The molecule has 0 aliphatic rings. The van der Waals surface area contributed by atoms with Crippen LogP contribution in [0.15, 0.2) is 87.2 Å². The second-order valence-electron chi connectivity index (χ2n) is 7.11. The van der Waals surface area contributed by atoms with E-state index in [1.54, 1.807) is 42.5 Å². The van der Waals surface area contributed by atoms with Gasteiger partial charge in [-0.3, -0.25) is 4.79 Å². The molecule has 0 saturated carbocycles. The molecule has 0 saturated heterocycles. The average molecular weight is 486 g/mol. The van der Waals surface area contributed by atoms with E-state index in [1.807, 2.05) is 23.9 Å². The van der Waals surface area contributed by atoms with Crippen molar-refractivity contribution < 1.29 is 22.0 Å². The minimum Gasteiger partial charge on any atom is -0.436 e. The first-order valence-corrected chi connectivity index (χ1v) is 11.5. The molecule has 2 N–H and O–H groups in total. The summed E-state index contributed by atoms with van der Waals surface area (Å²) in [4.78, 5) is 14.7. The number of benzene rings is 3. The van der Waals surface area contributed by atoms with Gasteiger partial charge in [-0.15, -0.1) is 5.10 Å². The first-order valence-electron chi connectivity index (χ1n) is 9.64. The summed E-state index contributed by atoms with van der Waals surface area (Å²) in [5, 5.41) is 6.84. The third-order valence-electron chi connectivity index (χ3n) is 4.68. The maximum atomic E-state index is 13.4. The van der Waals surface area contributed by atoms with Crippen molar-refractivity contribution in [2.24, 2.45) is 5.10 Å². The van der Waals surface area contributed by atoms with Gasteiger partial charge in [0.1, 0.15) is 17.0 Å². The molecule has 1 amide bonds. The molecule has 0 bridgehead atoms. The minimum absolute atomic E-state index is 0.00844. The number of nitrogens with one attached hydrogen (secondary N) is 2. The molecule has 0 atom stereocenters. The summed E-state index contributed by atoms with van der Waals surface area (Å²) in [6.45, 7) is 1.92. The van der Waals surface area contributed by atoms with Crippen molar-refractivity contribution in [2.45, 2.75) is 11.8 Å². The van der Waals surface area contributed by atoms with Crippen LogP contribution in [-0.4, -0.2) is 14.3 Å². The van der Waals surface area contributed by atoms with E-state index >= 15 is 0 Å². The van der Waals surface area contributed by atoms with Crippen molar-refractivity contribution in [3.05, 3.63) is 100 Å². The van der Waals surface area contributed by atoms with Gasteiger partial charge in [0.05, 0.1) is 9.92 Å². The number of sulfonamides is 1. The highest BCUT2D eigenvalue weighted by molar-refractivity contribution is 7.89. The Labute approximate surface area is 193 Å². The number of halogens is 2. The summed E-state index contributed by atoms with van der Waals surface area (Å²) in [7, 11) is -4.22. The smallest absolute Gasteiger partial charge is 0.276 e. The van der Waals surface area contributed by atoms with E-state index in [2.05, 4.69) is 10.4 Å². The van der Waals surface area contributed by atoms with Crippen molar-refractivity contribution >= 4 is 44.2 Å². The average Bonchev–Trinajstić information content (AvgIpc) is 2.80. The van der Waals surface area contributed by atoms with Gasteiger partial charge in [-0.05, 0) is 49.4 Å². The highest BCUT2D eigenvalue weighted by Crippen LogP contribution is 2.19. The normalized spacial score (nSPS) is 12.0. The van der Waals surface area contributed by atoms with Gasteiger partial charge in [0, 0.05) is 11.1 Å². The largest absolute Gasteiger partial charge is 0.436 e. The van der Waals surface area contributed by atoms with Crippen LogP contribution >= 0.6 is 11.6 Å². The van der Waals surface area contributed by atoms with E-state index in [0.717, 1.165) is 23.8 Å². The first kappa shape index (κ1) is 22.5. The lowest BCUT2D eigenvalue weighted by molar-refractivity contribution is 0.102. The summed E-state index contributed by atoms with van der Waals surface area (Å²) in [6, 6.07) is 18.5. The molecule has 10 heteroatoms. The molecule has 0 unspecified atom stereocenters. The third-order valence-corrected chi connectivity index (χ3v) is 6.17. The summed E-state index contributed by atoms with van der Waals surface area (Å²) in [5.41, 5.74) is 1.72. The summed E-state index contributed by atoms with van der Waals surface area (Å²) >= 11 is 5.69. The number of hydrogen-bond donors (Lipinski definition) is 2. The number of aryl methyl sites for hydroxylation is 1. The van der Waals surface area contributed by atoms with Crippen LogP contribution in [0.2, 0.25) is 5.02 Å². The number of carbonyl (C=O) groups excluding carboxylic acids is 1. The van der Waals surface area contributed by atoms with E-state index in [-0.39, 0.29) is 21.0 Å². The molecule has 4 aromatic rings. The number of hydrogen-bond acceptors (Lipinski definition) is 5. The van der Waals surface area contributed by atoms with Crippen LogP contribution in [0.3, 0.4) is 0 Å². The van der Waals surface area contributed by atoms with E-state index < -0.39 is 21.7 Å². The number of rotatable bonds is 5. The fourth-order valence-electron chi connectivity index (χ4n) is 2.95. The fraction of sp³-hybridized carbons (Fsp3) is 0.0435. The van der Waals surface area contributed by atoms with Crippen LogP contribution in [0.25, 0.3) is 11.0 Å². The molecule has 0 aliphatic carbocycles. The predicted molar refractivity (Wildman–Crippen MR) is 123 cm³/mol. The second kappa shape index (κ2) is 9.05. The highest BCUT2D eigenvalue weighted by atomic mass is 35.5. The Bertz CT molecular complexity index is 1530. The molecule has 0 radical (unpaired) electrons. The van der Waals surface area contributed by atoms with Crippen LogP contribution in [-0.2, 0) is 10.0 Å². The number of nitrogens with zero attached hydrogens (tertiary/aromatic N) is 1. The Hall–Kier alpha value is -3.69. The zero-order valence-corrected chi connectivity index (χ0v) is 18.7. The first-order chi connectivity index (χ1) is 15.7. The van der Waals surface area contributed by atoms with Crippen LogP contribution < -0.4 is 15.7 Å². The van der Waals surface area contributed by atoms with Gasteiger partial charge in [-0.25, -0.2) is 4.39 Å². The molecule has 4 rings (SSSR count). The molecule has 0 fully saturated rings. The fourth-order valence-corrected chi connectivity index (χ4v) is 4.02. The maximum absolute atomic E-state index is 13.4. The lowest BCUT2D eigenvalue weighted by atomic mass is 10.1. The van der Waals surface area contributed by atoms with Crippen molar-refractivity contribution in [1.82, 2.24) is 4.83 Å². The molecule has 1 aromatic heterocycles. The molecule has 1 heterocycles. The van der Waals surface area contributed by atoms with Gasteiger partial charge in [-0.1, -0.05) is 47.5 Å². The van der Waals surface area contributed by atoms with Gasteiger partial charge in [-0.2, -0.15) is 13.2 Å². The number of carbonyl (C=O) groups is 1. The van der Waals surface area contributed by atoms with Crippen molar-refractivity contribution in [1.29, 1.82) is 0 Å². The van der Waals surface area contributed by atoms with E-state index in [1.165, 1.54) is 0 Å². The van der Waals surface area contributed by atoms with Crippen LogP contribution in [0.5, 0.6) is 0 Å². The number of anilines is 1. The zero-order chi connectivity index (χ0) is 23.6. The Morgan fingerprint density at radius 1 is 1.03 bits per heavy atom. The number of fused-ring (bicyclic) bond motifs is 1. The molecule has 33 heavy (non-hydrogen) atoms. The monoisotopic (exact) mass is 485 g/mol. The predicted octanol–water partition coefficient (Wildman–Crippen LogP) is 4.58. The van der Waals surface area contributed by atoms with Crippen molar-refractivity contribution in [2.75, 3.05) is 5.32 Å². The maximum Gasteiger partial charge on any atom is 0.276 e. The van der Waals surface area contributed by atoms with E-state index in [4.69, 9.17) is 16.0 Å². The second-order valence-corrected chi connectivity index (χ2v) is 9.17. The van der Waals surface area contributed by atoms with Gasteiger partial charge < -0.3 is 9.73 Å². The quantitative estimate of drug-likeness (QED) is 0.404. The number of amides is 1. The Balaban J connectivity index is 1.75. The minimum atomic E-state index is -4.22.